The molecule has 5 nitrogen and oxygen atoms in total. The summed E-state index contributed by atoms with van der Waals surface area (Å²) < 4.78 is 5.94. The van der Waals surface area contributed by atoms with Crippen LogP contribution in [-0.2, 0) is 11.3 Å². The number of aromatic amines is 1. The lowest BCUT2D eigenvalue weighted by Gasteiger charge is -2.30. The third kappa shape index (κ3) is 4.47. The van der Waals surface area contributed by atoms with Crippen LogP contribution in [0.2, 0.25) is 5.02 Å². The van der Waals surface area contributed by atoms with Crippen LogP contribution in [-0.4, -0.2) is 46.7 Å². The van der Waals surface area contributed by atoms with Gasteiger partial charge in [0.25, 0.3) is 0 Å². The fourth-order valence-electron chi connectivity index (χ4n) is 3.03. The van der Waals surface area contributed by atoms with Crippen molar-refractivity contribution < 1.29 is 9.64 Å². The van der Waals surface area contributed by atoms with Gasteiger partial charge in [-0.05, 0) is 17.5 Å². The smallest absolute Gasteiger partial charge is 0.208 e. The van der Waals surface area contributed by atoms with Crippen LogP contribution in [0.3, 0.4) is 0 Å². The summed E-state index contributed by atoms with van der Waals surface area (Å²) in [4.78, 5) is 7.17. The Kier molecular flexibility index (Phi) is 5.91. The number of thiophene rings is 1. The van der Waals surface area contributed by atoms with Crippen LogP contribution < -0.4 is 4.90 Å². The van der Waals surface area contributed by atoms with Crippen molar-refractivity contribution in [3.63, 3.8) is 0 Å². The second-order valence-electron chi connectivity index (χ2n) is 6.22. The summed E-state index contributed by atoms with van der Waals surface area (Å²) in [5, 5.41) is 11.0. The molecule has 0 bridgehead atoms. The summed E-state index contributed by atoms with van der Waals surface area (Å²) in [6, 6.07) is 12.1. The van der Waals surface area contributed by atoms with E-state index >= 15 is 0 Å². The summed E-state index contributed by atoms with van der Waals surface area (Å²) in [6.07, 6.45) is 0.204. The predicted octanol–water partition coefficient (Wildman–Crippen LogP) is 2.76. The maximum absolute atomic E-state index is 6.30. The number of hydrogen-bond acceptors (Lipinski definition) is 5. The van der Waals surface area contributed by atoms with Crippen LogP contribution in [0.4, 0.5) is 0 Å². The molecule has 8 heteroatoms. The quantitative estimate of drug-likeness (QED) is 0.617. The number of ether oxygens (including phenoxy) is 1. The van der Waals surface area contributed by atoms with Crippen molar-refractivity contribution in [2.75, 3.05) is 25.4 Å². The Labute approximate surface area is 165 Å². The van der Waals surface area contributed by atoms with Crippen molar-refractivity contribution in [3.8, 4) is 10.7 Å². The topological polar surface area (TPSA) is 55.2 Å². The Morgan fingerprint density at radius 3 is 3.08 bits per heavy atom. The van der Waals surface area contributed by atoms with E-state index in [-0.39, 0.29) is 6.10 Å². The molecule has 2 aromatic heterocycles. The van der Waals surface area contributed by atoms with Gasteiger partial charge in [-0.3, -0.25) is 5.10 Å². The lowest BCUT2D eigenvalue weighted by atomic mass is 10.2. The van der Waals surface area contributed by atoms with E-state index in [4.69, 9.17) is 16.3 Å². The lowest BCUT2D eigenvalue weighted by molar-refractivity contribution is -0.924. The van der Waals surface area contributed by atoms with E-state index in [2.05, 4.69) is 21.2 Å². The minimum Gasteiger partial charge on any atom is -0.366 e. The number of quaternary nitrogens is 1. The Morgan fingerprint density at radius 2 is 2.23 bits per heavy atom. The monoisotopic (exact) mass is 407 g/mol. The van der Waals surface area contributed by atoms with Gasteiger partial charge in [-0.15, -0.1) is 16.4 Å². The Bertz CT molecular complexity index is 839. The summed E-state index contributed by atoms with van der Waals surface area (Å²) >= 11 is 9.60. The molecule has 1 aliphatic heterocycles. The van der Waals surface area contributed by atoms with Crippen LogP contribution in [0.15, 0.2) is 46.9 Å². The van der Waals surface area contributed by atoms with Gasteiger partial charge >= 0.3 is 0 Å². The maximum Gasteiger partial charge on any atom is 0.208 e. The first-order valence-corrected chi connectivity index (χ1v) is 10.8. The van der Waals surface area contributed by atoms with E-state index in [1.165, 1.54) is 10.5 Å². The minimum atomic E-state index is 0.204. The van der Waals surface area contributed by atoms with Crippen LogP contribution in [0.5, 0.6) is 0 Å². The van der Waals surface area contributed by atoms with Gasteiger partial charge in [-0.2, -0.15) is 0 Å². The van der Waals surface area contributed by atoms with Gasteiger partial charge in [-0.1, -0.05) is 47.6 Å². The number of thioether (sulfide) groups is 1. The zero-order valence-electron chi connectivity index (χ0n) is 14.2. The molecule has 1 aliphatic rings. The molecule has 3 aromatic rings. The largest absolute Gasteiger partial charge is 0.366 e. The molecule has 2 atom stereocenters. The number of nitrogens with one attached hydrogen (secondary N) is 2. The highest BCUT2D eigenvalue weighted by atomic mass is 35.5. The highest BCUT2D eigenvalue weighted by Crippen LogP contribution is 2.23. The number of morpholine rings is 1. The Balaban J connectivity index is 1.30. The molecule has 4 rings (SSSR count). The van der Waals surface area contributed by atoms with Crippen molar-refractivity contribution in [1.82, 2.24) is 15.2 Å². The first kappa shape index (κ1) is 18.0. The van der Waals surface area contributed by atoms with Crippen molar-refractivity contribution in [2.45, 2.75) is 17.8 Å². The van der Waals surface area contributed by atoms with E-state index < -0.39 is 0 Å². The molecule has 26 heavy (non-hydrogen) atoms. The van der Waals surface area contributed by atoms with Gasteiger partial charge in [-0.25, -0.2) is 4.98 Å². The van der Waals surface area contributed by atoms with Gasteiger partial charge in [0.1, 0.15) is 25.7 Å². The van der Waals surface area contributed by atoms with E-state index in [9.17, 15) is 0 Å². The number of halogens is 1. The van der Waals surface area contributed by atoms with Crippen molar-refractivity contribution in [1.29, 1.82) is 0 Å². The molecule has 1 saturated heterocycles. The number of nitrogens with zero attached hydrogens (tertiary/aromatic N) is 2. The molecular formula is C18H20ClN4OS2+. The van der Waals surface area contributed by atoms with E-state index in [0.717, 1.165) is 52.9 Å². The van der Waals surface area contributed by atoms with Crippen molar-refractivity contribution in [2.24, 2.45) is 0 Å². The molecule has 1 fully saturated rings. The summed E-state index contributed by atoms with van der Waals surface area (Å²) in [7, 11) is 0. The maximum atomic E-state index is 6.30. The standard InChI is InChI=1S/C18H19ClN4OS2/c19-15-5-2-1-4-13(15)10-23-7-8-24-14(11-23)12-26-18-20-17(21-22-18)16-6-3-9-25-16/h1-6,9,14H,7-8,10-12H2,(H,20,21,22)/p+1/t14-/m1/s1. The van der Waals surface area contributed by atoms with Gasteiger partial charge in [0.15, 0.2) is 5.82 Å². The molecule has 136 valence electrons. The van der Waals surface area contributed by atoms with Crippen LogP contribution in [0.25, 0.3) is 10.7 Å². The average molecular weight is 408 g/mol. The third-order valence-electron chi connectivity index (χ3n) is 4.34. The fourth-order valence-corrected chi connectivity index (χ4v) is 4.71. The highest BCUT2D eigenvalue weighted by molar-refractivity contribution is 7.99. The number of aromatic nitrogens is 3. The summed E-state index contributed by atoms with van der Waals surface area (Å²) in [5.74, 6) is 1.69. The zero-order chi connectivity index (χ0) is 17.8. The van der Waals surface area contributed by atoms with Gasteiger partial charge in [0, 0.05) is 16.3 Å². The van der Waals surface area contributed by atoms with Crippen LogP contribution >= 0.6 is 34.7 Å². The second kappa shape index (κ2) is 8.54. The molecule has 2 N–H and O–H groups in total. The van der Waals surface area contributed by atoms with Crippen molar-refractivity contribution >= 4 is 34.7 Å². The number of benzene rings is 1. The van der Waals surface area contributed by atoms with Gasteiger partial charge in [0.2, 0.25) is 5.16 Å². The molecule has 0 amide bonds. The molecule has 1 aromatic carbocycles. The minimum absolute atomic E-state index is 0.204. The molecule has 1 unspecified atom stereocenters. The predicted molar refractivity (Wildman–Crippen MR) is 106 cm³/mol. The lowest BCUT2D eigenvalue weighted by Crippen LogP contribution is -3.13. The van der Waals surface area contributed by atoms with Crippen LogP contribution in [0, 0.1) is 0 Å². The van der Waals surface area contributed by atoms with Gasteiger partial charge < -0.3 is 9.64 Å². The number of H-pyrrole nitrogens is 1. The van der Waals surface area contributed by atoms with Crippen LogP contribution in [0.1, 0.15) is 5.56 Å². The molecule has 0 aliphatic carbocycles. The number of hydrogen-bond donors (Lipinski definition) is 2. The average Bonchev–Trinajstić information content (AvgIpc) is 3.34. The van der Waals surface area contributed by atoms with Crippen molar-refractivity contribution in [3.05, 3.63) is 52.4 Å². The zero-order valence-corrected chi connectivity index (χ0v) is 16.5. The summed E-state index contributed by atoms with van der Waals surface area (Å²) in [6.45, 7) is 3.70. The Hall–Kier alpha value is -1.38. The van der Waals surface area contributed by atoms with E-state index in [1.54, 1.807) is 23.1 Å². The Morgan fingerprint density at radius 1 is 1.31 bits per heavy atom. The molecular weight excluding hydrogens is 388 g/mol. The first-order chi connectivity index (χ1) is 12.8. The third-order valence-corrected chi connectivity index (χ3v) is 6.57. The molecule has 0 saturated carbocycles. The summed E-state index contributed by atoms with van der Waals surface area (Å²) in [5.41, 5.74) is 1.20. The normalized spacial score (nSPS) is 20.3. The first-order valence-electron chi connectivity index (χ1n) is 8.55. The van der Waals surface area contributed by atoms with E-state index in [0.29, 0.717) is 0 Å². The molecule has 0 radical (unpaired) electrons. The molecule has 3 heterocycles. The highest BCUT2D eigenvalue weighted by Gasteiger charge is 2.25. The van der Waals surface area contributed by atoms with E-state index in [1.807, 2.05) is 35.7 Å². The fraction of sp³-hybridized carbons (Fsp3) is 0.333. The SMILES string of the molecule is Clc1ccccc1C[NH+]1CCO[C@@H](CSc2n[nH]c(-c3cccs3)n2)C1. The second-order valence-corrected chi connectivity index (χ2v) is 8.56. The van der Waals surface area contributed by atoms with Gasteiger partial charge in [0.05, 0.1) is 11.5 Å². The molecule has 0 spiro atoms. The number of rotatable bonds is 6.